The Hall–Kier alpha value is -0.870. The van der Waals surface area contributed by atoms with Crippen LogP contribution < -0.4 is 10.6 Å². The molecule has 1 aromatic heterocycles. The zero-order chi connectivity index (χ0) is 17.2. The van der Waals surface area contributed by atoms with Gasteiger partial charge >= 0.3 is 0 Å². The van der Waals surface area contributed by atoms with Crippen molar-refractivity contribution in [2.24, 2.45) is 4.99 Å². The molecule has 0 spiro atoms. The minimum absolute atomic E-state index is 0. The molecule has 0 saturated heterocycles. The number of nitrogens with one attached hydrogen (secondary N) is 2. The first-order chi connectivity index (χ1) is 11.7. The van der Waals surface area contributed by atoms with E-state index < -0.39 is 0 Å². The highest BCUT2D eigenvalue weighted by Gasteiger charge is 2.02. The Balaban J connectivity index is 0.00000312. The summed E-state index contributed by atoms with van der Waals surface area (Å²) < 4.78 is 12.8. The molecule has 0 aliphatic carbocycles. The fourth-order valence-electron chi connectivity index (χ4n) is 1.99. The average molecular weight is 494 g/mol. The number of hydrogen-bond acceptors (Lipinski definition) is 4. The Bertz CT molecular complexity index is 646. The van der Waals surface area contributed by atoms with Crippen molar-refractivity contribution < 1.29 is 4.39 Å². The quantitative estimate of drug-likeness (QED) is 0.189. The van der Waals surface area contributed by atoms with E-state index in [-0.39, 0.29) is 29.8 Å². The number of hydrogen-bond donors (Lipinski definition) is 2. The molecular formula is C17H24FIN4S2. The first-order valence-electron chi connectivity index (χ1n) is 7.97. The van der Waals surface area contributed by atoms with Crippen LogP contribution in [0.4, 0.5) is 4.39 Å². The summed E-state index contributed by atoms with van der Waals surface area (Å²) in [5.74, 6) is 1.57. The molecule has 0 unspecified atom stereocenters. The number of halogens is 2. The van der Waals surface area contributed by atoms with Crippen molar-refractivity contribution in [3.63, 3.8) is 0 Å². The van der Waals surface area contributed by atoms with Crippen LogP contribution in [0.15, 0.2) is 39.5 Å². The van der Waals surface area contributed by atoms with Crippen LogP contribution in [0.2, 0.25) is 0 Å². The van der Waals surface area contributed by atoms with Crippen molar-refractivity contribution in [2.75, 3.05) is 19.3 Å². The molecule has 2 N–H and O–H groups in total. The molecule has 2 rings (SSSR count). The molecule has 1 heterocycles. The second-order valence-corrected chi connectivity index (χ2v) is 7.21. The van der Waals surface area contributed by atoms with Gasteiger partial charge in [0.1, 0.15) is 5.82 Å². The van der Waals surface area contributed by atoms with E-state index >= 15 is 0 Å². The Morgan fingerprint density at radius 1 is 1.28 bits per heavy atom. The molecule has 0 bridgehead atoms. The van der Waals surface area contributed by atoms with Crippen LogP contribution >= 0.6 is 47.1 Å². The number of benzene rings is 1. The summed E-state index contributed by atoms with van der Waals surface area (Å²) in [4.78, 5) is 9.84. The molecule has 0 radical (unpaired) electrons. The summed E-state index contributed by atoms with van der Waals surface area (Å²) in [6.07, 6.45) is 1.97. The predicted molar refractivity (Wildman–Crippen MR) is 117 cm³/mol. The molecule has 1 aromatic carbocycles. The van der Waals surface area contributed by atoms with Gasteiger partial charge in [-0.05, 0) is 42.9 Å². The smallest absolute Gasteiger partial charge is 0.191 e. The largest absolute Gasteiger partial charge is 0.356 e. The zero-order valence-corrected chi connectivity index (χ0v) is 18.4. The number of aryl methyl sites for hydroxylation is 1. The Labute approximate surface area is 174 Å². The Morgan fingerprint density at radius 3 is 2.68 bits per heavy atom. The molecule has 0 aliphatic heterocycles. The third-order valence-corrected chi connectivity index (χ3v) is 5.40. The summed E-state index contributed by atoms with van der Waals surface area (Å²) in [5, 5.41) is 9.81. The lowest BCUT2D eigenvalue weighted by molar-refractivity contribution is 0.626. The number of nitrogens with zero attached hydrogens (tertiary/aromatic N) is 2. The molecule has 0 saturated carbocycles. The normalized spacial score (nSPS) is 11.1. The minimum atomic E-state index is -0.193. The van der Waals surface area contributed by atoms with Crippen LogP contribution in [0, 0.1) is 5.82 Å². The molecule has 0 atom stereocenters. The van der Waals surface area contributed by atoms with Crippen molar-refractivity contribution >= 4 is 53.0 Å². The summed E-state index contributed by atoms with van der Waals surface area (Å²) in [6.45, 7) is 3.63. The summed E-state index contributed by atoms with van der Waals surface area (Å²) >= 11 is 3.42. The number of rotatable bonds is 8. The predicted octanol–water partition coefficient (Wildman–Crippen LogP) is 4.31. The van der Waals surface area contributed by atoms with Crippen LogP contribution in [0.25, 0.3) is 0 Å². The average Bonchev–Trinajstić information content (AvgIpc) is 3.07. The Morgan fingerprint density at radius 2 is 2.04 bits per heavy atom. The van der Waals surface area contributed by atoms with E-state index in [1.54, 1.807) is 30.1 Å². The lowest BCUT2D eigenvalue weighted by Crippen LogP contribution is -2.37. The lowest BCUT2D eigenvalue weighted by Gasteiger charge is -2.10. The van der Waals surface area contributed by atoms with Gasteiger partial charge in [-0.3, -0.25) is 4.99 Å². The summed E-state index contributed by atoms with van der Waals surface area (Å²) in [7, 11) is 1.76. The van der Waals surface area contributed by atoms with Crippen LogP contribution in [-0.2, 0) is 13.0 Å². The van der Waals surface area contributed by atoms with Crippen molar-refractivity contribution in [3.05, 3.63) is 46.2 Å². The van der Waals surface area contributed by atoms with Gasteiger partial charge in [0, 0.05) is 23.9 Å². The molecule has 0 fully saturated rings. The van der Waals surface area contributed by atoms with E-state index in [0.717, 1.165) is 46.7 Å². The van der Waals surface area contributed by atoms with Crippen LogP contribution in [0.1, 0.15) is 24.0 Å². The number of thioether (sulfide) groups is 1. The highest BCUT2D eigenvalue weighted by Crippen LogP contribution is 2.18. The van der Waals surface area contributed by atoms with Gasteiger partial charge in [-0.25, -0.2) is 9.37 Å². The number of aliphatic imine (C=N–C) groups is 1. The van der Waals surface area contributed by atoms with Crippen LogP contribution in [0.5, 0.6) is 0 Å². The van der Waals surface area contributed by atoms with E-state index in [1.807, 2.05) is 12.1 Å². The zero-order valence-electron chi connectivity index (χ0n) is 14.4. The van der Waals surface area contributed by atoms with Gasteiger partial charge in [0.05, 0.1) is 17.2 Å². The second kappa shape index (κ2) is 12.5. The van der Waals surface area contributed by atoms with E-state index in [0.29, 0.717) is 6.54 Å². The van der Waals surface area contributed by atoms with Gasteiger partial charge in [-0.1, -0.05) is 6.92 Å². The molecule has 0 amide bonds. The SMILES string of the molecule is CCc1nc(CNC(=NC)NCCCSc2ccc(F)cc2)cs1.I. The van der Waals surface area contributed by atoms with Crippen LogP contribution in [0.3, 0.4) is 0 Å². The van der Waals surface area contributed by atoms with Gasteiger partial charge in [0.25, 0.3) is 0 Å². The van der Waals surface area contributed by atoms with E-state index in [4.69, 9.17) is 0 Å². The van der Waals surface area contributed by atoms with Crippen molar-refractivity contribution in [3.8, 4) is 0 Å². The fourth-order valence-corrected chi connectivity index (χ4v) is 3.58. The molecule has 138 valence electrons. The molecule has 25 heavy (non-hydrogen) atoms. The maximum Gasteiger partial charge on any atom is 0.191 e. The highest BCUT2D eigenvalue weighted by atomic mass is 127. The molecule has 2 aromatic rings. The lowest BCUT2D eigenvalue weighted by atomic mass is 10.4. The standard InChI is InChI=1S/C17H23FN4S2.HI/c1-3-16-22-14(12-24-16)11-21-17(19-2)20-9-4-10-23-15-7-5-13(18)6-8-15;/h5-8,12H,3-4,9-11H2,1-2H3,(H2,19,20,21);1H. The fraction of sp³-hybridized carbons (Fsp3) is 0.412. The van der Waals surface area contributed by atoms with E-state index in [1.165, 1.54) is 12.1 Å². The highest BCUT2D eigenvalue weighted by molar-refractivity contribution is 14.0. The monoisotopic (exact) mass is 494 g/mol. The summed E-state index contributed by atoms with van der Waals surface area (Å²) in [6, 6.07) is 6.61. The summed E-state index contributed by atoms with van der Waals surface area (Å²) in [5.41, 5.74) is 1.05. The molecular weight excluding hydrogens is 470 g/mol. The second-order valence-electron chi connectivity index (χ2n) is 5.09. The van der Waals surface area contributed by atoms with Gasteiger partial charge in [0.15, 0.2) is 5.96 Å². The van der Waals surface area contributed by atoms with Crippen molar-refractivity contribution in [2.45, 2.75) is 31.2 Å². The number of thiazole rings is 1. The van der Waals surface area contributed by atoms with E-state index in [2.05, 4.69) is 32.9 Å². The minimum Gasteiger partial charge on any atom is -0.356 e. The van der Waals surface area contributed by atoms with Gasteiger partial charge in [0.2, 0.25) is 0 Å². The molecule has 4 nitrogen and oxygen atoms in total. The molecule has 0 aliphatic rings. The van der Waals surface area contributed by atoms with Gasteiger partial charge in [-0.2, -0.15) is 0 Å². The third-order valence-electron chi connectivity index (χ3n) is 3.26. The molecule has 8 heteroatoms. The maximum absolute atomic E-state index is 12.8. The van der Waals surface area contributed by atoms with Gasteiger partial charge in [-0.15, -0.1) is 47.1 Å². The van der Waals surface area contributed by atoms with Gasteiger partial charge < -0.3 is 10.6 Å². The number of guanidine groups is 1. The first-order valence-corrected chi connectivity index (χ1v) is 9.84. The Kier molecular flexibility index (Phi) is 11.1. The maximum atomic E-state index is 12.8. The number of aromatic nitrogens is 1. The third kappa shape index (κ3) is 8.37. The first kappa shape index (κ1) is 22.2. The van der Waals surface area contributed by atoms with Crippen LogP contribution in [-0.4, -0.2) is 30.3 Å². The topological polar surface area (TPSA) is 49.3 Å². The van der Waals surface area contributed by atoms with Crippen molar-refractivity contribution in [1.82, 2.24) is 15.6 Å². The van der Waals surface area contributed by atoms with Crippen molar-refractivity contribution in [1.29, 1.82) is 0 Å². The van der Waals surface area contributed by atoms with E-state index in [9.17, 15) is 4.39 Å².